The van der Waals surface area contributed by atoms with Crippen molar-refractivity contribution in [1.82, 2.24) is 4.90 Å². The summed E-state index contributed by atoms with van der Waals surface area (Å²) in [5.41, 5.74) is 0.556. The smallest absolute Gasteiger partial charge is 0.327 e. The molecule has 1 heterocycles. The van der Waals surface area contributed by atoms with Gasteiger partial charge in [0.1, 0.15) is 6.04 Å². The molecule has 1 saturated heterocycles. The van der Waals surface area contributed by atoms with E-state index in [0.717, 1.165) is 0 Å². The number of nitrogens with one attached hydrogen (secondary N) is 1. The topological polar surface area (TPSA) is 69.6 Å². The third-order valence-electron chi connectivity index (χ3n) is 3.13. The number of carboxylic acid groups (broad SMARTS) is 1. The molecule has 1 aromatic carbocycles. The molecule has 2 unspecified atom stereocenters. The predicted octanol–water partition coefficient (Wildman–Crippen LogP) is 3.87. The van der Waals surface area contributed by atoms with E-state index >= 15 is 0 Å². The van der Waals surface area contributed by atoms with Crippen molar-refractivity contribution in [3.05, 3.63) is 27.7 Å². The molecule has 0 bridgehead atoms. The van der Waals surface area contributed by atoms with Gasteiger partial charge in [-0.15, -0.1) is 11.8 Å². The molecule has 1 aliphatic rings. The highest BCUT2D eigenvalue weighted by Crippen LogP contribution is 2.33. The van der Waals surface area contributed by atoms with E-state index in [1.807, 2.05) is 6.92 Å². The van der Waals surface area contributed by atoms with Gasteiger partial charge in [0.05, 0.1) is 11.1 Å². The molecular formula is C13H14BrClN2O3S. The number of thioether (sulfide) groups is 1. The molecule has 0 aliphatic carbocycles. The number of carboxylic acids is 1. The lowest BCUT2D eigenvalue weighted by molar-refractivity contribution is -0.141. The van der Waals surface area contributed by atoms with E-state index in [1.165, 1.54) is 16.7 Å². The van der Waals surface area contributed by atoms with E-state index < -0.39 is 18.0 Å². The zero-order valence-corrected chi connectivity index (χ0v) is 14.3. The monoisotopic (exact) mass is 392 g/mol. The lowest BCUT2D eigenvalue weighted by atomic mass is 10.2. The number of carbonyl (C=O) groups is 2. The fourth-order valence-electron chi connectivity index (χ4n) is 2.11. The van der Waals surface area contributed by atoms with Crippen LogP contribution in [0.3, 0.4) is 0 Å². The average molecular weight is 394 g/mol. The Bertz CT molecular complexity index is 572. The molecule has 0 spiro atoms. The summed E-state index contributed by atoms with van der Waals surface area (Å²) in [5.74, 6) is -0.577. The molecule has 5 nitrogen and oxygen atoms in total. The molecule has 2 amide bonds. The summed E-state index contributed by atoms with van der Waals surface area (Å²) in [6, 6.07) is 3.78. The Labute approximate surface area is 140 Å². The minimum atomic E-state index is -0.983. The molecule has 0 aromatic heterocycles. The van der Waals surface area contributed by atoms with Crippen LogP contribution in [0.4, 0.5) is 10.5 Å². The van der Waals surface area contributed by atoms with Crippen molar-refractivity contribution in [3.8, 4) is 0 Å². The number of aliphatic carboxylic acids is 1. The number of hydrogen-bond donors (Lipinski definition) is 2. The maximum atomic E-state index is 12.4. The van der Waals surface area contributed by atoms with Crippen LogP contribution in [0.15, 0.2) is 22.7 Å². The third-order valence-corrected chi connectivity index (χ3v) is 5.48. The van der Waals surface area contributed by atoms with Crippen LogP contribution in [0.1, 0.15) is 13.3 Å². The summed E-state index contributed by atoms with van der Waals surface area (Å²) in [7, 11) is 0. The molecule has 1 aliphatic heterocycles. The minimum absolute atomic E-state index is 0.128. The highest BCUT2D eigenvalue weighted by atomic mass is 79.9. The van der Waals surface area contributed by atoms with Crippen molar-refractivity contribution >= 4 is 57.0 Å². The molecule has 8 heteroatoms. The third kappa shape index (κ3) is 3.64. The first-order chi connectivity index (χ1) is 9.93. The van der Waals surface area contributed by atoms with Gasteiger partial charge in [-0.05, 0) is 40.5 Å². The second kappa shape index (κ2) is 6.89. The summed E-state index contributed by atoms with van der Waals surface area (Å²) < 4.78 is 0.648. The SMILES string of the molecule is CCC1SCC(C(=O)O)N1C(=O)Nc1ccc(Cl)cc1Br. The van der Waals surface area contributed by atoms with Crippen LogP contribution in [-0.2, 0) is 4.79 Å². The number of amides is 2. The van der Waals surface area contributed by atoms with E-state index in [-0.39, 0.29) is 5.37 Å². The van der Waals surface area contributed by atoms with E-state index in [0.29, 0.717) is 27.4 Å². The van der Waals surface area contributed by atoms with Gasteiger partial charge in [-0.3, -0.25) is 4.90 Å². The van der Waals surface area contributed by atoms with Gasteiger partial charge in [0.15, 0.2) is 0 Å². The van der Waals surface area contributed by atoms with Gasteiger partial charge >= 0.3 is 12.0 Å². The fourth-order valence-corrected chi connectivity index (χ4v) is 4.24. The average Bonchev–Trinajstić information content (AvgIpc) is 2.86. The number of halogens is 2. The summed E-state index contributed by atoms with van der Waals surface area (Å²) in [4.78, 5) is 25.1. The van der Waals surface area contributed by atoms with Crippen LogP contribution in [0, 0.1) is 0 Å². The minimum Gasteiger partial charge on any atom is -0.480 e. The predicted molar refractivity (Wildman–Crippen MR) is 88.0 cm³/mol. The quantitative estimate of drug-likeness (QED) is 0.818. The first-order valence-corrected chi connectivity index (χ1v) is 8.54. The van der Waals surface area contributed by atoms with Crippen LogP contribution in [0.5, 0.6) is 0 Å². The van der Waals surface area contributed by atoms with E-state index in [9.17, 15) is 14.7 Å². The van der Waals surface area contributed by atoms with Gasteiger partial charge in [0, 0.05) is 15.2 Å². The van der Waals surface area contributed by atoms with Crippen LogP contribution >= 0.6 is 39.3 Å². The number of rotatable bonds is 3. The Morgan fingerprint density at radius 2 is 2.29 bits per heavy atom. The maximum Gasteiger partial charge on any atom is 0.327 e. The Balaban J connectivity index is 2.18. The first-order valence-electron chi connectivity index (χ1n) is 6.32. The molecular weight excluding hydrogens is 380 g/mol. The van der Waals surface area contributed by atoms with Gasteiger partial charge in [0.25, 0.3) is 0 Å². The molecule has 21 heavy (non-hydrogen) atoms. The highest BCUT2D eigenvalue weighted by molar-refractivity contribution is 9.10. The maximum absolute atomic E-state index is 12.4. The van der Waals surface area contributed by atoms with Gasteiger partial charge in [-0.1, -0.05) is 18.5 Å². The van der Waals surface area contributed by atoms with Crippen LogP contribution in [0.25, 0.3) is 0 Å². The molecule has 2 N–H and O–H groups in total. The Morgan fingerprint density at radius 1 is 1.57 bits per heavy atom. The summed E-state index contributed by atoms with van der Waals surface area (Å²) >= 11 is 10.7. The van der Waals surface area contributed by atoms with Crippen LogP contribution in [-0.4, -0.2) is 39.2 Å². The van der Waals surface area contributed by atoms with Gasteiger partial charge in [-0.25, -0.2) is 9.59 Å². The number of hydrogen-bond acceptors (Lipinski definition) is 3. The van der Waals surface area contributed by atoms with E-state index in [1.54, 1.807) is 18.2 Å². The number of anilines is 1. The highest BCUT2D eigenvalue weighted by Gasteiger charge is 2.40. The standard InChI is InChI=1S/C13H14BrClN2O3S/c1-2-11-17(10(6-21-11)12(18)19)13(20)16-9-4-3-7(15)5-8(9)14/h3-5,10-11H,2,6H2,1H3,(H,16,20)(H,18,19). The molecule has 1 aromatic rings. The lowest BCUT2D eigenvalue weighted by Gasteiger charge is -2.27. The van der Waals surface area contributed by atoms with Gasteiger partial charge in [-0.2, -0.15) is 0 Å². The molecule has 2 rings (SSSR count). The van der Waals surface area contributed by atoms with Crippen molar-refractivity contribution in [2.45, 2.75) is 24.8 Å². The summed E-state index contributed by atoms with van der Waals surface area (Å²) in [6.07, 6.45) is 0.698. The van der Waals surface area contributed by atoms with Crippen molar-refractivity contribution in [1.29, 1.82) is 0 Å². The lowest BCUT2D eigenvalue weighted by Crippen LogP contribution is -2.47. The van der Waals surface area contributed by atoms with Crippen molar-refractivity contribution < 1.29 is 14.7 Å². The second-order valence-electron chi connectivity index (χ2n) is 4.51. The zero-order valence-electron chi connectivity index (χ0n) is 11.2. The largest absolute Gasteiger partial charge is 0.480 e. The zero-order chi connectivity index (χ0) is 15.6. The Kier molecular flexibility index (Phi) is 5.40. The Morgan fingerprint density at radius 3 is 2.86 bits per heavy atom. The molecule has 0 radical (unpaired) electrons. The number of benzene rings is 1. The fraction of sp³-hybridized carbons (Fsp3) is 0.385. The number of carbonyl (C=O) groups excluding carboxylic acids is 1. The Hall–Kier alpha value is -0.920. The first kappa shape index (κ1) is 16.5. The van der Waals surface area contributed by atoms with Gasteiger partial charge < -0.3 is 10.4 Å². The van der Waals surface area contributed by atoms with Crippen LogP contribution < -0.4 is 5.32 Å². The number of urea groups is 1. The van der Waals surface area contributed by atoms with Gasteiger partial charge in [0.2, 0.25) is 0 Å². The molecule has 1 fully saturated rings. The van der Waals surface area contributed by atoms with Crippen molar-refractivity contribution in [3.63, 3.8) is 0 Å². The van der Waals surface area contributed by atoms with E-state index in [4.69, 9.17) is 11.6 Å². The number of nitrogens with zero attached hydrogens (tertiary/aromatic N) is 1. The second-order valence-corrected chi connectivity index (χ2v) is 7.01. The van der Waals surface area contributed by atoms with Crippen molar-refractivity contribution in [2.24, 2.45) is 0 Å². The summed E-state index contributed by atoms with van der Waals surface area (Å²) in [6.45, 7) is 1.93. The van der Waals surface area contributed by atoms with Crippen LogP contribution in [0.2, 0.25) is 5.02 Å². The van der Waals surface area contributed by atoms with E-state index in [2.05, 4.69) is 21.2 Å². The summed E-state index contributed by atoms with van der Waals surface area (Å²) in [5, 5.41) is 12.4. The normalized spacial score (nSPS) is 21.4. The molecule has 2 atom stereocenters. The molecule has 0 saturated carbocycles. The van der Waals surface area contributed by atoms with Crippen molar-refractivity contribution in [2.75, 3.05) is 11.1 Å². The molecule has 114 valence electrons.